The number of ether oxygens (including phenoxy) is 1. The van der Waals surface area contributed by atoms with Crippen molar-refractivity contribution in [2.24, 2.45) is 0 Å². The summed E-state index contributed by atoms with van der Waals surface area (Å²) in [6.45, 7) is 3.26. The van der Waals surface area contributed by atoms with Gasteiger partial charge in [0, 0.05) is 0 Å². The lowest BCUT2D eigenvalue weighted by atomic mass is 10.0. The number of alkyl halides is 6. The van der Waals surface area contributed by atoms with Crippen LogP contribution in [0.5, 0.6) is 5.75 Å². The van der Waals surface area contributed by atoms with Gasteiger partial charge in [0.2, 0.25) is 0 Å². The summed E-state index contributed by atoms with van der Waals surface area (Å²) < 4.78 is 79.5. The number of hydrogen-bond acceptors (Lipinski definition) is 1. The third-order valence-electron chi connectivity index (χ3n) is 2.44. The summed E-state index contributed by atoms with van der Waals surface area (Å²) >= 11 is 0. The number of rotatable bonds is 5. The highest BCUT2D eigenvalue weighted by atomic mass is 19.3. The molecule has 0 fully saturated rings. The first-order chi connectivity index (χ1) is 8.59. The smallest absolute Gasteiger partial charge is 0.428 e. The van der Waals surface area contributed by atoms with Gasteiger partial charge in [-0.3, -0.25) is 0 Å². The molecular formula is C12H12F6O. The van der Waals surface area contributed by atoms with Gasteiger partial charge in [0.25, 0.3) is 0 Å². The van der Waals surface area contributed by atoms with Crippen molar-refractivity contribution in [3.05, 3.63) is 29.8 Å². The van der Waals surface area contributed by atoms with E-state index in [-0.39, 0.29) is 11.5 Å². The summed E-state index contributed by atoms with van der Waals surface area (Å²) in [5.74, 6) is -6.38. The van der Waals surface area contributed by atoms with Crippen LogP contribution in [0, 0.1) is 0 Å². The fourth-order valence-corrected chi connectivity index (χ4v) is 1.38. The van der Waals surface area contributed by atoms with Crippen LogP contribution >= 0.6 is 0 Å². The Hall–Kier alpha value is -1.40. The zero-order valence-electron chi connectivity index (χ0n) is 10.1. The monoisotopic (exact) mass is 286 g/mol. The topological polar surface area (TPSA) is 9.23 Å². The third kappa shape index (κ3) is 3.13. The van der Waals surface area contributed by atoms with Crippen molar-refractivity contribution in [1.29, 1.82) is 0 Å². The molecule has 0 aliphatic heterocycles. The summed E-state index contributed by atoms with van der Waals surface area (Å²) in [6.07, 6.45) is -9.81. The number of halogens is 6. The van der Waals surface area contributed by atoms with Crippen molar-refractivity contribution in [3.8, 4) is 5.75 Å². The molecule has 0 amide bonds. The molecule has 0 spiro atoms. The van der Waals surface area contributed by atoms with Crippen LogP contribution in [0.3, 0.4) is 0 Å². The van der Waals surface area contributed by atoms with Gasteiger partial charge in [-0.05, 0) is 17.5 Å². The van der Waals surface area contributed by atoms with E-state index in [4.69, 9.17) is 0 Å². The number of hydrogen-bond donors (Lipinski definition) is 0. The van der Waals surface area contributed by atoms with Crippen molar-refractivity contribution in [3.63, 3.8) is 0 Å². The van der Waals surface area contributed by atoms with Crippen molar-refractivity contribution in [2.45, 2.75) is 38.2 Å². The molecule has 7 heteroatoms. The van der Waals surface area contributed by atoms with E-state index in [1.807, 2.05) is 0 Å². The Morgan fingerprint density at radius 3 is 2.00 bits per heavy atom. The van der Waals surface area contributed by atoms with E-state index in [1.54, 1.807) is 13.8 Å². The highest BCUT2D eigenvalue weighted by Crippen LogP contribution is 2.41. The molecule has 0 aliphatic rings. The molecule has 0 bridgehead atoms. The minimum absolute atomic E-state index is 0.229. The maximum atomic E-state index is 13.1. The van der Waals surface area contributed by atoms with Crippen molar-refractivity contribution < 1.29 is 31.1 Å². The molecule has 1 aromatic rings. The summed E-state index contributed by atoms with van der Waals surface area (Å²) in [6, 6.07) is 5.23. The van der Waals surface area contributed by atoms with Crippen LogP contribution in [0.25, 0.3) is 0 Å². The van der Waals surface area contributed by atoms with Gasteiger partial charge >= 0.3 is 18.5 Å². The molecule has 0 atom stereocenters. The summed E-state index contributed by atoms with van der Waals surface area (Å²) in [4.78, 5) is 0. The second kappa shape index (κ2) is 5.30. The predicted molar refractivity (Wildman–Crippen MR) is 57.1 cm³/mol. The molecular weight excluding hydrogens is 274 g/mol. The highest BCUT2D eigenvalue weighted by molar-refractivity contribution is 5.36. The number of benzene rings is 1. The molecule has 0 unspecified atom stereocenters. The summed E-state index contributed by atoms with van der Waals surface area (Å²) in [5.41, 5.74) is 0.229. The Morgan fingerprint density at radius 2 is 1.53 bits per heavy atom. The first-order valence-electron chi connectivity index (χ1n) is 5.41. The standard InChI is InChI=1S/C12H12F6O/c1-7(2)8-5-3-4-6-9(8)19-12(17,18)11(15,16)10(13)14/h3-7,10H,1-2H3. The van der Waals surface area contributed by atoms with Crippen molar-refractivity contribution in [2.75, 3.05) is 0 Å². The second-order valence-corrected chi connectivity index (χ2v) is 4.24. The highest BCUT2D eigenvalue weighted by Gasteiger charge is 2.66. The van der Waals surface area contributed by atoms with E-state index in [2.05, 4.69) is 4.74 Å². The Labute approximate surface area is 106 Å². The van der Waals surface area contributed by atoms with Gasteiger partial charge in [0.1, 0.15) is 5.75 Å². The van der Waals surface area contributed by atoms with Crippen LogP contribution in [0.15, 0.2) is 24.3 Å². The van der Waals surface area contributed by atoms with E-state index in [0.29, 0.717) is 0 Å². The molecule has 0 aromatic heterocycles. The van der Waals surface area contributed by atoms with Gasteiger partial charge in [-0.25, -0.2) is 8.78 Å². The van der Waals surface area contributed by atoms with E-state index < -0.39 is 24.2 Å². The molecule has 0 saturated heterocycles. The lowest BCUT2D eigenvalue weighted by molar-refractivity contribution is -0.342. The van der Waals surface area contributed by atoms with Gasteiger partial charge in [-0.1, -0.05) is 32.0 Å². The fraction of sp³-hybridized carbons (Fsp3) is 0.500. The Kier molecular flexibility index (Phi) is 4.37. The molecule has 0 radical (unpaired) electrons. The molecule has 108 valence electrons. The maximum absolute atomic E-state index is 13.1. The molecule has 0 aliphatic carbocycles. The molecule has 0 saturated carbocycles. The minimum Gasteiger partial charge on any atom is -0.428 e. The lowest BCUT2D eigenvalue weighted by Gasteiger charge is -2.27. The second-order valence-electron chi connectivity index (χ2n) is 4.24. The Morgan fingerprint density at radius 1 is 1.00 bits per heavy atom. The van der Waals surface area contributed by atoms with Crippen LogP contribution < -0.4 is 4.74 Å². The zero-order valence-corrected chi connectivity index (χ0v) is 10.1. The van der Waals surface area contributed by atoms with Gasteiger partial charge in [0.15, 0.2) is 0 Å². The molecule has 19 heavy (non-hydrogen) atoms. The average molecular weight is 286 g/mol. The normalized spacial score (nSPS) is 13.2. The molecule has 0 N–H and O–H groups in total. The minimum atomic E-state index is -5.56. The fourth-order valence-electron chi connectivity index (χ4n) is 1.38. The van der Waals surface area contributed by atoms with Crippen LogP contribution in [0.4, 0.5) is 26.3 Å². The maximum Gasteiger partial charge on any atom is 0.470 e. The largest absolute Gasteiger partial charge is 0.470 e. The van der Waals surface area contributed by atoms with E-state index in [9.17, 15) is 26.3 Å². The van der Waals surface area contributed by atoms with Crippen LogP contribution in [-0.2, 0) is 0 Å². The van der Waals surface area contributed by atoms with Gasteiger partial charge < -0.3 is 4.74 Å². The van der Waals surface area contributed by atoms with E-state index in [1.165, 1.54) is 18.2 Å². The predicted octanol–water partition coefficient (Wildman–Crippen LogP) is 4.68. The van der Waals surface area contributed by atoms with Crippen LogP contribution in [0.1, 0.15) is 25.3 Å². The Bertz CT molecular complexity index is 430. The lowest BCUT2D eigenvalue weighted by Crippen LogP contribution is -2.50. The molecule has 0 heterocycles. The molecule has 1 aromatic carbocycles. The SMILES string of the molecule is CC(C)c1ccccc1OC(F)(F)C(F)(F)C(F)F. The van der Waals surface area contributed by atoms with Gasteiger partial charge in [-0.15, -0.1) is 0 Å². The van der Waals surface area contributed by atoms with Crippen LogP contribution in [0.2, 0.25) is 0 Å². The van der Waals surface area contributed by atoms with Crippen LogP contribution in [-0.4, -0.2) is 18.5 Å². The zero-order chi connectivity index (χ0) is 14.8. The quantitative estimate of drug-likeness (QED) is 0.714. The Balaban J connectivity index is 3.08. The van der Waals surface area contributed by atoms with Gasteiger partial charge in [0.05, 0.1) is 0 Å². The van der Waals surface area contributed by atoms with E-state index >= 15 is 0 Å². The number of para-hydroxylation sites is 1. The molecule has 1 nitrogen and oxygen atoms in total. The van der Waals surface area contributed by atoms with Crippen molar-refractivity contribution >= 4 is 0 Å². The van der Waals surface area contributed by atoms with Gasteiger partial charge in [-0.2, -0.15) is 17.6 Å². The third-order valence-corrected chi connectivity index (χ3v) is 2.44. The first kappa shape index (κ1) is 15.7. The summed E-state index contributed by atoms with van der Waals surface area (Å²) in [7, 11) is 0. The summed E-state index contributed by atoms with van der Waals surface area (Å²) in [5, 5.41) is 0. The average Bonchev–Trinajstić information content (AvgIpc) is 2.28. The van der Waals surface area contributed by atoms with E-state index in [0.717, 1.165) is 6.07 Å². The molecule has 1 rings (SSSR count). The first-order valence-corrected chi connectivity index (χ1v) is 5.41. The van der Waals surface area contributed by atoms with Crippen molar-refractivity contribution in [1.82, 2.24) is 0 Å².